The molecule has 0 saturated heterocycles. The van der Waals surface area contributed by atoms with Gasteiger partial charge in [-0.05, 0) is 57.5 Å². The van der Waals surface area contributed by atoms with E-state index >= 15 is 0 Å². The molecule has 8 heteroatoms. The van der Waals surface area contributed by atoms with Gasteiger partial charge >= 0.3 is 0 Å². The summed E-state index contributed by atoms with van der Waals surface area (Å²) < 4.78 is 35.7. The quantitative estimate of drug-likeness (QED) is 0.477. The van der Waals surface area contributed by atoms with Crippen LogP contribution in [0.25, 0.3) is 17.0 Å². The van der Waals surface area contributed by atoms with Gasteiger partial charge in [-0.15, -0.1) is 0 Å². The van der Waals surface area contributed by atoms with E-state index in [-0.39, 0.29) is 17.7 Å². The van der Waals surface area contributed by atoms with E-state index in [1.54, 1.807) is 6.07 Å². The van der Waals surface area contributed by atoms with Gasteiger partial charge in [0.05, 0.1) is 17.0 Å². The lowest BCUT2D eigenvalue weighted by Gasteiger charge is -2.16. The molecule has 0 aliphatic heterocycles. The molecule has 1 aromatic carbocycles. The van der Waals surface area contributed by atoms with Crippen molar-refractivity contribution >= 4 is 5.65 Å². The van der Waals surface area contributed by atoms with Crippen LogP contribution in [-0.4, -0.2) is 25.1 Å². The first-order valence-corrected chi connectivity index (χ1v) is 10.0. The van der Waals surface area contributed by atoms with E-state index in [2.05, 4.69) is 15.2 Å². The van der Waals surface area contributed by atoms with Gasteiger partial charge < -0.3 is 10.5 Å². The first-order chi connectivity index (χ1) is 14.6. The highest BCUT2D eigenvalue weighted by atomic mass is 19.1. The summed E-state index contributed by atoms with van der Waals surface area (Å²) in [5.41, 5.74) is 10.3. The van der Waals surface area contributed by atoms with Crippen LogP contribution in [0.4, 0.5) is 8.78 Å². The summed E-state index contributed by atoms with van der Waals surface area (Å²) in [6, 6.07) is 7.51. The predicted octanol–water partition coefficient (Wildman–Crippen LogP) is 4.48. The summed E-state index contributed by atoms with van der Waals surface area (Å²) >= 11 is 0. The molecule has 4 rings (SSSR count). The molecule has 0 radical (unpaired) electrons. The predicted molar refractivity (Wildman–Crippen MR) is 115 cm³/mol. The van der Waals surface area contributed by atoms with Crippen LogP contribution in [0.15, 0.2) is 36.5 Å². The van der Waals surface area contributed by atoms with Gasteiger partial charge in [0.15, 0.2) is 11.4 Å². The number of nitrogens with zero attached hydrogens (tertiary/aromatic N) is 3. The normalized spacial score (nSPS) is 12.0. The second-order valence-electron chi connectivity index (χ2n) is 8.55. The molecule has 0 aliphatic carbocycles. The lowest BCUT2D eigenvalue weighted by molar-refractivity contribution is 0.294. The van der Waals surface area contributed by atoms with Crippen molar-refractivity contribution in [2.45, 2.75) is 46.3 Å². The molecule has 31 heavy (non-hydrogen) atoms. The van der Waals surface area contributed by atoms with Crippen molar-refractivity contribution in [3.8, 4) is 17.1 Å². The summed E-state index contributed by atoms with van der Waals surface area (Å²) in [4.78, 5) is 4.64. The third-order valence-electron chi connectivity index (χ3n) is 4.95. The number of imidazole rings is 1. The van der Waals surface area contributed by atoms with Crippen LogP contribution in [0.5, 0.6) is 5.75 Å². The molecule has 6 nitrogen and oxygen atoms in total. The van der Waals surface area contributed by atoms with Gasteiger partial charge in [-0.2, -0.15) is 5.10 Å². The number of aromatic amines is 1. The number of hydrogen-bond donors (Lipinski definition) is 2. The van der Waals surface area contributed by atoms with Crippen molar-refractivity contribution in [3.05, 3.63) is 70.7 Å². The fourth-order valence-corrected chi connectivity index (χ4v) is 3.66. The van der Waals surface area contributed by atoms with Gasteiger partial charge in [0, 0.05) is 23.9 Å². The van der Waals surface area contributed by atoms with E-state index in [1.807, 2.05) is 44.4 Å². The molecular weight excluding hydrogens is 400 g/mol. The molecule has 3 aromatic heterocycles. The number of halogens is 2. The standard InChI is InChI=1S/C23H25F2N5O/c1-13-8-20(31-12-16-17(24)6-5-7-18(16)25)22-27-14(2)21(30(22)11-13)19-9-15(28-29-19)10-23(3,4)26/h5-9,11H,10,12,26H2,1-4H3,(H,28,29). The lowest BCUT2D eigenvalue weighted by atomic mass is 10.00. The number of fused-ring (bicyclic) bond motifs is 1. The average Bonchev–Trinajstić information content (AvgIpc) is 3.22. The van der Waals surface area contributed by atoms with Gasteiger partial charge in [0.2, 0.25) is 0 Å². The van der Waals surface area contributed by atoms with Crippen LogP contribution >= 0.6 is 0 Å². The van der Waals surface area contributed by atoms with Crippen molar-refractivity contribution in [1.29, 1.82) is 0 Å². The molecule has 3 N–H and O–H groups in total. The van der Waals surface area contributed by atoms with E-state index in [0.29, 0.717) is 17.8 Å². The Bertz CT molecular complexity index is 1230. The maximum absolute atomic E-state index is 14.0. The maximum atomic E-state index is 14.0. The summed E-state index contributed by atoms with van der Waals surface area (Å²) in [5, 5.41) is 7.49. The smallest absolute Gasteiger partial charge is 0.180 e. The highest BCUT2D eigenvalue weighted by molar-refractivity contribution is 5.68. The molecule has 162 valence electrons. The van der Waals surface area contributed by atoms with Crippen LogP contribution in [0.1, 0.15) is 36.4 Å². The monoisotopic (exact) mass is 425 g/mol. The Morgan fingerprint density at radius 3 is 2.55 bits per heavy atom. The molecule has 0 aliphatic rings. The van der Waals surface area contributed by atoms with Crippen LogP contribution in [-0.2, 0) is 13.0 Å². The van der Waals surface area contributed by atoms with E-state index in [4.69, 9.17) is 10.5 Å². The molecule has 0 fully saturated rings. The minimum Gasteiger partial charge on any atom is -0.485 e. The summed E-state index contributed by atoms with van der Waals surface area (Å²) in [7, 11) is 0. The summed E-state index contributed by atoms with van der Waals surface area (Å²) in [6.07, 6.45) is 2.58. The zero-order valence-corrected chi connectivity index (χ0v) is 18.0. The second-order valence-corrected chi connectivity index (χ2v) is 8.55. The second kappa shape index (κ2) is 7.77. The third-order valence-corrected chi connectivity index (χ3v) is 4.95. The van der Waals surface area contributed by atoms with Crippen molar-refractivity contribution in [3.63, 3.8) is 0 Å². The highest BCUT2D eigenvalue weighted by Crippen LogP contribution is 2.30. The zero-order valence-electron chi connectivity index (χ0n) is 18.0. The van der Waals surface area contributed by atoms with E-state index in [0.717, 1.165) is 28.3 Å². The zero-order chi connectivity index (χ0) is 22.3. The van der Waals surface area contributed by atoms with Gasteiger partial charge in [-0.1, -0.05) is 6.07 Å². The first kappa shape index (κ1) is 21.0. The van der Waals surface area contributed by atoms with Gasteiger partial charge in [0.25, 0.3) is 0 Å². The number of hydrogen-bond acceptors (Lipinski definition) is 4. The topological polar surface area (TPSA) is 81.2 Å². The fraction of sp³-hybridized carbons (Fsp3) is 0.304. The fourth-order valence-electron chi connectivity index (χ4n) is 3.66. The number of rotatable bonds is 6. The molecule has 0 bridgehead atoms. The lowest BCUT2D eigenvalue weighted by Crippen LogP contribution is -2.34. The molecule has 0 amide bonds. The number of H-pyrrole nitrogens is 1. The Balaban J connectivity index is 1.72. The minimum absolute atomic E-state index is 0.119. The summed E-state index contributed by atoms with van der Waals surface area (Å²) in [5.74, 6) is -0.845. The third kappa shape index (κ3) is 4.29. The van der Waals surface area contributed by atoms with Gasteiger partial charge in [-0.25, -0.2) is 13.8 Å². The Morgan fingerprint density at radius 2 is 1.87 bits per heavy atom. The van der Waals surface area contributed by atoms with Gasteiger partial charge in [0.1, 0.15) is 23.9 Å². The SMILES string of the molecule is Cc1cc(OCc2c(F)cccc2F)c2nc(C)c(-c3cc(CC(C)(C)N)[nH]n3)n2c1. The Kier molecular flexibility index (Phi) is 5.26. The summed E-state index contributed by atoms with van der Waals surface area (Å²) in [6.45, 7) is 7.48. The molecule has 0 spiro atoms. The number of benzene rings is 1. The Hall–Kier alpha value is -3.26. The highest BCUT2D eigenvalue weighted by Gasteiger charge is 2.20. The van der Waals surface area contributed by atoms with Crippen molar-refractivity contribution in [2.24, 2.45) is 5.73 Å². The van der Waals surface area contributed by atoms with E-state index in [9.17, 15) is 8.78 Å². The Labute approximate surface area is 179 Å². The largest absolute Gasteiger partial charge is 0.485 e. The van der Waals surface area contributed by atoms with Crippen LogP contribution < -0.4 is 10.5 Å². The molecule has 0 saturated carbocycles. The Morgan fingerprint density at radius 1 is 1.16 bits per heavy atom. The first-order valence-electron chi connectivity index (χ1n) is 10.0. The van der Waals surface area contributed by atoms with E-state index in [1.165, 1.54) is 18.2 Å². The number of pyridine rings is 1. The van der Waals surface area contributed by atoms with Crippen molar-refractivity contribution < 1.29 is 13.5 Å². The molecule has 0 atom stereocenters. The number of aromatic nitrogens is 4. The minimum atomic E-state index is -0.643. The average molecular weight is 425 g/mol. The molecule has 3 heterocycles. The van der Waals surface area contributed by atoms with Crippen molar-refractivity contribution in [1.82, 2.24) is 19.6 Å². The number of nitrogens with two attached hydrogens (primary N) is 1. The van der Waals surface area contributed by atoms with Crippen LogP contribution in [0.3, 0.4) is 0 Å². The molecule has 0 unspecified atom stereocenters. The number of nitrogens with one attached hydrogen (secondary N) is 1. The molecular formula is C23H25F2N5O. The number of aryl methyl sites for hydroxylation is 2. The maximum Gasteiger partial charge on any atom is 0.180 e. The van der Waals surface area contributed by atoms with Gasteiger partial charge in [-0.3, -0.25) is 9.50 Å². The van der Waals surface area contributed by atoms with Crippen molar-refractivity contribution in [2.75, 3.05) is 0 Å². The van der Waals surface area contributed by atoms with Crippen LogP contribution in [0.2, 0.25) is 0 Å². The number of ether oxygens (including phenoxy) is 1. The van der Waals surface area contributed by atoms with E-state index < -0.39 is 11.6 Å². The van der Waals surface area contributed by atoms with Crippen LogP contribution in [0, 0.1) is 25.5 Å². The molecule has 4 aromatic rings.